The fraction of sp³-hybridized carbons (Fsp3) is 0.556. The van der Waals surface area contributed by atoms with Gasteiger partial charge in [0, 0.05) is 31.4 Å². The zero-order valence-electron chi connectivity index (χ0n) is 14.1. The summed E-state index contributed by atoms with van der Waals surface area (Å²) >= 11 is 0. The van der Waals surface area contributed by atoms with Gasteiger partial charge >= 0.3 is 0 Å². The van der Waals surface area contributed by atoms with Gasteiger partial charge in [-0.1, -0.05) is 19.9 Å². The summed E-state index contributed by atoms with van der Waals surface area (Å²) < 4.78 is 1.86. The summed E-state index contributed by atoms with van der Waals surface area (Å²) in [7, 11) is 0. The van der Waals surface area contributed by atoms with Gasteiger partial charge in [0.1, 0.15) is 11.3 Å². The van der Waals surface area contributed by atoms with Crippen LogP contribution in [0.25, 0.3) is 5.65 Å². The maximum atomic E-state index is 12.8. The second-order valence-corrected chi connectivity index (χ2v) is 7.28. The van der Waals surface area contributed by atoms with E-state index in [1.54, 1.807) is 6.20 Å². The van der Waals surface area contributed by atoms with E-state index in [9.17, 15) is 9.90 Å². The molecule has 0 aliphatic carbocycles. The van der Waals surface area contributed by atoms with Gasteiger partial charge in [-0.25, -0.2) is 4.98 Å². The van der Waals surface area contributed by atoms with Crippen LogP contribution in [0, 0.1) is 11.8 Å². The monoisotopic (exact) mass is 315 g/mol. The van der Waals surface area contributed by atoms with E-state index >= 15 is 0 Å². The van der Waals surface area contributed by atoms with Crippen LogP contribution >= 0.6 is 0 Å². The quantitative estimate of drug-likeness (QED) is 0.947. The number of piperidine rings is 1. The predicted octanol–water partition coefficient (Wildman–Crippen LogP) is 2.59. The molecular formula is C18H25N3O2. The number of carbonyl (C=O) groups is 1. The third kappa shape index (κ3) is 3.24. The van der Waals surface area contributed by atoms with Crippen molar-refractivity contribution < 1.29 is 9.90 Å². The van der Waals surface area contributed by atoms with Gasteiger partial charge in [0.2, 0.25) is 0 Å². The van der Waals surface area contributed by atoms with Crippen molar-refractivity contribution >= 4 is 11.6 Å². The first-order valence-electron chi connectivity index (χ1n) is 8.32. The molecule has 1 fully saturated rings. The highest BCUT2D eigenvalue weighted by atomic mass is 16.3. The largest absolute Gasteiger partial charge is 0.390 e. The zero-order chi connectivity index (χ0) is 16.6. The number of aromatic nitrogens is 2. The summed E-state index contributed by atoms with van der Waals surface area (Å²) in [6.45, 7) is 7.37. The highest BCUT2D eigenvalue weighted by molar-refractivity contribution is 5.93. The molecule has 0 spiro atoms. The molecule has 1 aliphatic rings. The molecule has 1 N–H and O–H groups in total. The highest BCUT2D eigenvalue weighted by Crippen LogP contribution is 2.32. The molecule has 3 heterocycles. The topological polar surface area (TPSA) is 57.8 Å². The van der Waals surface area contributed by atoms with Crippen LogP contribution in [0.4, 0.5) is 0 Å². The number of imidazole rings is 1. The second-order valence-electron chi connectivity index (χ2n) is 7.28. The molecule has 0 radical (unpaired) electrons. The second kappa shape index (κ2) is 5.96. The van der Waals surface area contributed by atoms with Crippen molar-refractivity contribution in [2.24, 2.45) is 11.8 Å². The minimum Gasteiger partial charge on any atom is -0.390 e. The number of carbonyl (C=O) groups excluding carboxylic acids is 1. The number of hydrogen-bond donors (Lipinski definition) is 1. The summed E-state index contributed by atoms with van der Waals surface area (Å²) in [5.41, 5.74) is 0.555. The lowest BCUT2D eigenvalue weighted by atomic mass is 9.78. The van der Waals surface area contributed by atoms with Crippen molar-refractivity contribution in [3.05, 3.63) is 36.3 Å². The normalized spacial score (nSPS) is 25.3. The number of fused-ring (bicyclic) bond motifs is 1. The lowest BCUT2D eigenvalue weighted by Crippen LogP contribution is -2.52. The molecule has 2 aromatic rings. The Morgan fingerprint density at radius 1 is 1.48 bits per heavy atom. The lowest BCUT2D eigenvalue weighted by molar-refractivity contribution is -0.0578. The summed E-state index contributed by atoms with van der Waals surface area (Å²) in [5.74, 6) is 0.562. The van der Waals surface area contributed by atoms with E-state index in [0.717, 1.165) is 12.1 Å². The molecule has 124 valence electrons. The molecular weight excluding hydrogens is 290 g/mol. The predicted molar refractivity (Wildman–Crippen MR) is 89.3 cm³/mol. The minimum absolute atomic E-state index is 0.0436. The Kier molecular flexibility index (Phi) is 4.15. The zero-order valence-corrected chi connectivity index (χ0v) is 14.1. The molecule has 1 aliphatic heterocycles. The first kappa shape index (κ1) is 16.0. The van der Waals surface area contributed by atoms with E-state index in [1.165, 1.54) is 0 Å². The number of likely N-dealkylation sites (tertiary alicyclic amines) is 1. The van der Waals surface area contributed by atoms with Crippen LogP contribution < -0.4 is 0 Å². The fourth-order valence-electron chi connectivity index (χ4n) is 3.40. The Balaban J connectivity index is 1.79. The Hall–Kier alpha value is -1.88. The molecule has 1 amide bonds. The third-order valence-corrected chi connectivity index (χ3v) is 4.83. The molecule has 2 aromatic heterocycles. The highest BCUT2D eigenvalue weighted by Gasteiger charge is 2.39. The molecule has 0 unspecified atom stereocenters. The van der Waals surface area contributed by atoms with E-state index in [1.807, 2.05) is 40.6 Å². The number of pyridine rings is 1. The molecule has 0 aromatic carbocycles. The Morgan fingerprint density at radius 2 is 2.26 bits per heavy atom. The smallest absolute Gasteiger partial charge is 0.274 e. The van der Waals surface area contributed by atoms with Crippen LogP contribution in [-0.2, 0) is 0 Å². The van der Waals surface area contributed by atoms with Crippen LogP contribution in [0.2, 0.25) is 0 Å². The summed E-state index contributed by atoms with van der Waals surface area (Å²) in [4.78, 5) is 19.0. The van der Waals surface area contributed by atoms with Crippen molar-refractivity contribution in [3.63, 3.8) is 0 Å². The minimum atomic E-state index is -0.694. The number of nitrogens with zero attached hydrogens (tertiary/aromatic N) is 3. The number of hydrogen-bond acceptors (Lipinski definition) is 3. The maximum absolute atomic E-state index is 12.8. The van der Waals surface area contributed by atoms with Gasteiger partial charge in [-0.3, -0.25) is 4.79 Å². The van der Waals surface area contributed by atoms with E-state index < -0.39 is 5.60 Å². The van der Waals surface area contributed by atoms with Crippen molar-refractivity contribution in [1.82, 2.24) is 14.3 Å². The molecule has 0 saturated carbocycles. The van der Waals surface area contributed by atoms with Gasteiger partial charge in [-0.2, -0.15) is 0 Å². The fourth-order valence-corrected chi connectivity index (χ4v) is 3.40. The standard InChI is InChI=1S/C18H25N3O2/c1-13(2)10-14-11-21(9-7-18(14,3)23)17(22)15-12-20-8-5-4-6-16(20)19-15/h4-6,8,12-14,23H,7,9-11H2,1-3H3/t14-,18+/m1/s1. The third-order valence-electron chi connectivity index (χ3n) is 4.83. The van der Waals surface area contributed by atoms with Crippen LogP contribution in [0.1, 0.15) is 44.1 Å². The molecule has 3 rings (SSSR count). The number of amides is 1. The summed E-state index contributed by atoms with van der Waals surface area (Å²) in [5, 5.41) is 10.6. The van der Waals surface area contributed by atoms with E-state index in [-0.39, 0.29) is 11.8 Å². The van der Waals surface area contributed by atoms with E-state index in [0.29, 0.717) is 31.1 Å². The number of aliphatic hydroxyl groups is 1. The van der Waals surface area contributed by atoms with E-state index in [4.69, 9.17) is 0 Å². The molecule has 23 heavy (non-hydrogen) atoms. The Bertz CT molecular complexity index is 672. The van der Waals surface area contributed by atoms with Crippen molar-refractivity contribution in [2.45, 2.75) is 39.2 Å². The summed E-state index contributed by atoms with van der Waals surface area (Å²) in [6.07, 6.45) is 5.20. The van der Waals surface area contributed by atoms with Gasteiger partial charge in [0.05, 0.1) is 5.60 Å². The van der Waals surface area contributed by atoms with Gasteiger partial charge in [0.25, 0.3) is 5.91 Å². The Labute approximate surface area is 136 Å². The van der Waals surface area contributed by atoms with Crippen LogP contribution in [0.15, 0.2) is 30.6 Å². The van der Waals surface area contributed by atoms with Crippen molar-refractivity contribution in [1.29, 1.82) is 0 Å². The van der Waals surface area contributed by atoms with Gasteiger partial charge in [-0.15, -0.1) is 0 Å². The summed E-state index contributed by atoms with van der Waals surface area (Å²) in [6, 6.07) is 5.71. The first-order valence-corrected chi connectivity index (χ1v) is 8.32. The first-order chi connectivity index (χ1) is 10.9. The van der Waals surface area contributed by atoms with Crippen LogP contribution in [-0.4, -0.2) is 44.0 Å². The maximum Gasteiger partial charge on any atom is 0.274 e. The van der Waals surface area contributed by atoms with Gasteiger partial charge in [0.15, 0.2) is 0 Å². The van der Waals surface area contributed by atoms with Gasteiger partial charge < -0.3 is 14.4 Å². The van der Waals surface area contributed by atoms with Crippen LogP contribution in [0.5, 0.6) is 0 Å². The molecule has 2 atom stereocenters. The van der Waals surface area contributed by atoms with Crippen molar-refractivity contribution in [3.8, 4) is 0 Å². The number of rotatable bonds is 3. The average molecular weight is 315 g/mol. The van der Waals surface area contributed by atoms with Gasteiger partial charge in [-0.05, 0) is 37.8 Å². The van der Waals surface area contributed by atoms with Crippen LogP contribution in [0.3, 0.4) is 0 Å². The Morgan fingerprint density at radius 3 is 2.96 bits per heavy atom. The SMILES string of the molecule is CC(C)C[C@@H]1CN(C(=O)c2cn3ccccc3n2)CC[C@]1(C)O. The van der Waals surface area contributed by atoms with E-state index in [2.05, 4.69) is 18.8 Å². The average Bonchev–Trinajstić information content (AvgIpc) is 2.92. The molecule has 0 bridgehead atoms. The van der Waals surface area contributed by atoms with Crippen molar-refractivity contribution in [2.75, 3.05) is 13.1 Å². The molecule has 5 nitrogen and oxygen atoms in total. The molecule has 1 saturated heterocycles. The lowest BCUT2D eigenvalue weighted by Gasteiger charge is -2.43. The molecule has 5 heteroatoms.